The molecule has 0 aliphatic carbocycles. The van der Waals surface area contributed by atoms with Crippen LogP contribution in [0.5, 0.6) is 5.75 Å². The minimum Gasteiger partial charge on any atom is -0.494 e. The van der Waals surface area contributed by atoms with Crippen LogP contribution in [0.1, 0.15) is 67.2 Å². The molecule has 2 aromatic heterocycles. The highest BCUT2D eigenvalue weighted by molar-refractivity contribution is 5.87. The standard InChI is InChI=1S/C25H32N6O3/c1-5-34-22-12-17(4)20(13-19(22)16(2)3)27-23-14-21(24(32)33)28-25(29-23)30-9-6-18(7-10-30)31-11-8-26-15-31/h8,11-16,18H,5-7,9-10H2,1-4H3,(H,32,33)(H,27,28,29). The first kappa shape index (κ1) is 23.5. The van der Waals surface area contributed by atoms with Crippen molar-refractivity contribution in [1.82, 2.24) is 19.5 Å². The first-order valence-corrected chi connectivity index (χ1v) is 11.7. The maximum atomic E-state index is 11.8. The molecule has 9 nitrogen and oxygen atoms in total. The second kappa shape index (κ2) is 10.1. The summed E-state index contributed by atoms with van der Waals surface area (Å²) in [7, 11) is 0. The number of imidazole rings is 1. The quantitative estimate of drug-likeness (QED) is 0.490. The van der Waals surface area contributed by atoms with Crippen LogP contribution in [0.3, 0.4) is 0 Å². The molecular formula is C25H32N6O3. The highest BCUT2D eigenvalue weighted by atomic mass is 16.5. The van der Waals surface area contributed by atoms with E-state index in [-0.39, 0.29) is 11.6 Å². The molecule has 0 saturated carbocycles. The molecule has 4 rings (SSSR count). The van der Waals surface area contributed by atoms with Crippen LogP contribution >= 0.6 is 0 Å². The number of rotatable bonds is 8. The molecule has 2 N–H and O–H groups in total. The second-order valence-electron chi connectivity index (χ2n) is 8.89. The van der Waals surface area contributed by atoms with E-state index in [0.717, 1.165) is 48.5 Å². The van der Waals surface area contributed by atoms with Gasteiger partial charge in [-0.15, -0.1) is 0 Å². The van der Waals surface area contributed by atoms with Crippen LogP contribution < -0.4 is 15.0 Å². The molecule has 1 aliphatic rings. The molecule has 1 fully saturated rings. The van der Waals surface area contributed by atoms with E-state index in [0.29, 0.717) is 24.4 Å². The lowest BCUT2D eigenvalue weighted by molar-refractivity contribution is 0.0690. The van der Waals surface area contributed by atoms with E-state index >= 15 is 0 Å². The van der Waals surface area contributed by atoms with Crippen molar-refractivity contribution in [3.8, 4) is 5.75 Å². The lowest BCUT2D eigenvalue weighted by Gasteiger charge is -2.32. The van der Waals surface area contributed by atoms with Crippen molar-refractivity contribution < 1.29 is 14.6 Å². The van der Waals surface area contributed by atoms with Crippen molar-refractivity contribution in [3.63, 3.8) is 0 Å². The smallest absolute Gasteiger partial charge is 0.354 e. The third kappa shape index (κ3) is 5.13. The number of aromatic nitrogens is 4. The average Bonchev–Trinajstić information content (AvgIpc) is 3.36. The Hall–Kier alpha value is -3.62. The Kier molecular flexibility index (Phi) is 7.00. The number of nitrogens with one attached hydrogen (secondary N) is 1. The van der Waals surface area contributed by atoms with Gasteiger partial charge in [-0.3, -0.25) is 0 Å². The minimum absolute atomic E-state index is 0.0306. The lowest BCUT2D eigenvalue weighted by Crippen LogP contribution is -2.36. The Labute approximate surface area is 199 Å². The van der Waals surface area contributed by atoms with E-state index in [1.165, 1.54) is 6.07 Å². The molecule has 0 atom stereocenters. The average molecular weight is 465 g/mol. The van der Waals surface area contributed by atoms with Crippen LogP contribution in [0.25, 0.3) is 0 Å². The van der Waals surface area contributed by atoms with Crippen LogP contribution in [0.15, 0.2) is 36.9 Å². The molecule has 1 aliphatic heterocycles. The molecular weight excluding hydrogens is 432 g/mol. The maximum Gasteiger partial charge on any atom is 0.354 e. The van der Waals surface area contributed by atoms with Crippen molar-refractivity contribution in [2.45, 2.75) is 52.5 Å². The first-order valence-electron chi connectivity index (χ1n) is 11.7. The summed E-state index contributed by atoms with van der Waals surface area (Å²) in [6.07, 6.45) is 7.44. The Morgan fingerprint density at radius 3 is 2.62 bits per heavy atom. The minimum atomic E-state index is -1.08. The third-order valence-electron chi connectivity index (χ3n) is 6.17. The van der Waals surface area contributed by atoms with Gasteiger partial charge in [0, 0.05) is 43.3 Å². The Balaban J connectivity index is 1.60. The molecule has 180 valence electrons. The number of hydrogen-bond donors (Lipinski definition) is 2. The number of anilines is 3. The number of carboxylic acids is 1. The topological polar surface area (TPSA) is 105 Å². The van der Waals surface area contributed by atoms with Gasteiger partial charge in [0.25, 0.3) is 0 Å². The van der Waals surface area contributed by atoms with Crippen LogP contribution in [0.2, 0.25) is 0 Å². The van der Waals surface area contributed by atoms with Gasteiger partial charge in [-0.2, -0.15) is 4.98 Å². The summed E-state index contributed by atoms with van der Waals surface area (Å²) in [5.41, 5.74) is 2.92. The van der Waals surface area contributed by atoms with Crippen LogP contribution in [-0.4, -0.2) is 50.3 Å². The molecule has 3 aromatic rings. The molecule has 0 amide bonds. The van der Waals surface area contributed by atoms with E-state index in [4.69, 9.17) is 4.74 Å². The largest absolute Gasteiger partial charge is 0.494 e. The number of aryl methyl sites for hydroxylation is 1. The van der Waals surface area contributed by atoms with Crippen LogP contribution in [0.4, 0.5) is 17.5 Å². The summed E-state index contributed by atoms with van der Waals surface area (Å²) in [5.74, 6) is 0.956. The number of piperidine rings is 1. The molecule has 1 saturated heterocycles. The Bertz CT molecular complexity index is 1140. The molecule has 34 heavy (non-hydrogen) atoms. The van der Waals surface area contributed by atoms with Gasteiger partial charge in [0.2, 0.25) is 5.95 Å². The summed E-state index contributed by atoms with van der Waals surface area (Å²) >= 11 is 0. The van der Waals surface area contributed by atoms with Crippen LogP contribution in [0, 0.1) is 6.92 Å². The predicted octanol–water partition coefficient (Wildman–Crippen LogP) is 4.79. The van der Waals surface area contributed by atoms with E-state index in [1.54, 1.807) is 6.20 Å². The van der Waals surface area contributed by atoms with Gasteiger partial charge in [-0.1, -0.05) is 13.8 Å². The zero-order valence-electron chi connectivity index (χ0n) is 20.2. The molecule has 0 spiro atoms. The van der Waals surface area contributed by atoms with Crippen molar-refractivity contribution in [1.29, 1.82) is 0 Å². The van der Waals surface area contributed by atoms with Gasteiger partial charge >= 0.3 is 5.97 Å². The number of carbonyl (C=O) groups is 1. The van der Waals surface area contributed by atoms with Crippen molar-refractivity contribution >= 4 is 23.4 Å². The fourth-order valence-electron chi connectivity index (χ4n) is 4.30. The summed E-state index contributed by atoms with van der Waals surface area (Å²) in [5, 5.41) is 13.0. The summed E-state index contributed by atoms with van der Waals surface area (Å²) in [6.45, 7) is 10.3. The van der Waals surface area contributed by atoms with E-state index in [1.807, 2.05) is 32.4 Å². The van der Waals surface area contributed by atoms with Crippen LogP contribution in [-0.2, 0) is 0 Å². The fraction of sp³-hybridized carbons (Fsp3) is 0.440. The van der Waals surface area contributed by atoms with Gasteiger partial charge in [0.15, 0.2) is 5.69 Å². The van der Waals surface area contributed by atoms with Gasteiger partial charge in [-0.05, 0) is 55.9 Å². The molecule has 0 radical (unpaired) electrons. The lowest BCUT2D eigenvalue weighted by atomic mass is 9.99. The van der Waals surface area contributed by atoms with E-state index in [9.17, 15) is 9.90 Å². The predicted molar refractivity (Wildman–Crippen MR) is 131 cm³/mol. The number of nitrogens with zero attached hydrogens (tertiary/aromatic N) is 5. The molecule has 3 heterocycles. The van der Waals surface area contributed by atoms with Gasteiger partial charge < -0.3 is 24.6 Å². The zero-order valence-corrected chi connectivity index (χ0v) is 20.2. The van der Waals surface area contributed by atoms with Crippen molar-refractivity contribution in [3.05, 3.63) is 53.7 Å². The molecule has 0 bridgehead atoms. The highest BCUT2D eigenvalue weighted by Gasteiger charge is 2.24. The first-order chi connectivity index (χ1) is 16.4. The molecule has 1 aromatic carbocycles. The number of benzene rings is 1. The SMILES string of the molecule is CCOc1cc(C)c(Nc2cc(C(=O)O)nc(N3CCC(n4ccnc4)CC3)n2)cc1C(C)C. The normalized spacial score (nSPS) is 14.4. The number of hydrogen-bond acceptors (Lipinski definition) is 7. The van der Waals surface area contributed by atoms with Crippen molar-refractivity contribution in [2.24, 2.45) is 0 Å². The Morgan fingerprint density at radius 1 is 1.24 bits per heavy atom. The van der Waals surface area contributed by atoms with Gasteiger partial charge in [0.1, 0.15) is 11.6 Å². The number of carboxylic acid groups (broad SMARTS) is 1. The monoisotopic (exact) mass is 464 g/mol. The number of ether oxygens (including phenoxy) is 1. The maximum absolute atomic E-state index is 11.8. The second-order valence-corrected chi connectivity index (χ2v) is 8.89. The van der Waals surface area contributed by atoms with E-state index in [2.05, 4.69) is 49.6 Å². The highest BCUT2D eigenvalue weighted by Crippen LogP contribution is 2.34. The van der Waals surface area contributed by atoms with Crippen molar-refractivity contribution in [2.75, 3.05) is 29.9 Å². The summed E-state index contributed by atoms with van der Waals surface area (Å²) in [6, 6.07) is 5.93. The summed E-state index contributed by atoms with van der Waals surface area (Å²) in [4.78, 5) is 27.0. The Morgan fingerprint density at radius 2 is 2.00 bits per heavy atom. The van der Waals surface area contributed by atoms with Gasteiger partial charge in [0.05, 0.1) is 12.9 Å². The zero-order chi connectivity index (χ0) is 24.2. The van der Waals surface area contributed by atoms with E-state index < -0.39 is 5.97 Å². The third-order valence-corrected chi connectivity index (χ3v) is 6.17. The number of aromatic carboxylic acids is 1. The molecule has 0 unspecified atom stereocenters. The van der Waals surface area contributed by atoms with Gasteiger partial charge in [-0.25, -0.2) is 14.8 Å². The summed E-state index contributed by atoms with van der Waals surface area (Å²) < 4.78 is 7.95. The molecule has 9 heteroatoms. The fourth-order valence-corrected chi connectivity index (χ4v) is 4.30.